The molecular weight excluding hydrogens is 469 g/mol. The zero-order valence-corrected chi connectivity index (χ0v) is 19.2. The van der Waals surface area contributed by atoms with E-state index in [0.29, 0.717) is 16.9 Å². The van der Waals surface area contributed by atoms with Crippen LogP contribution in [-0.2, 0) is 27.4 Å². The van der Waals surface area contributed by atoms with Gasteiger partial charge in [-0.15, -0.1) is 0 Å². The second-order valence-corrected chi connectivity index (χ2v) is 9.27. The Hall–Kier alpha value is -3.37. The van der Waals surface area contributed by atoms with Gasteiger partial charge >= 0.3 is 6.18 Å². The Kier molecular flexibility index (Phi) is 7.63. The summed E-state index contributed by atoms with van der Waals surface area (Å²) in [6.45, 7) is 1.69. The van der Waals surface area contributed by atoms with Crippen LogP contribution in [0.1, 0.15) is 16.7 Å². The summed E-state index contributed by atoms with van der Waals surface area (Å²) in [6.07, 6.45) is -4.48. The minimum Gasteiger partial charge on any atom is -0.496 e. The van der Waals surface area contributed by atoms with Crippen molar-refractivity contribution >= 4 is 21.6 Å². The lowest BCUT2D eigenvalue weighted by Crippen LogP contribution is -2.45. The van der Waals surface area contributed by atoms with E-state index in [9.17, 15) is 26.4 Å². The Balaban J connectivity index is 1.86. The number of rotatable bonds is 8. The number of hydrogen-bond donors (Lipinski definition) is 2. The maximum atomic E-state index is 13.0. The number of carbonyl (C=O) groups excluding carboxylic acids is 1. The fourth-order valence-corrected chi connectivity index (χ4v) is 4.56. The molecule has 0 aromatic heterocycles. The molecule has 0 saturated heterocycles. The number of amides is 1. The molecule has 3 aromatic rings. The second kappa shape index (κ2) is 10.3. The van der Waals surface area contributed by atoms with Gasteiger partial charge in [-0.3, -0.25) is 4.79 Å². The molecule has 10 heteroatoms. The van der Waals surface area contributed by atoms with E-state index in [1.165, 1.54) is 25.3 Å². The van der Waals surface area contributed by atoms with Crippen molar-refractivity contribution in [3.8, 4) is 5.75 Å². The summed E-state index contributed by atoms with van der Waals surface area (Å²) >= 11 is 0. The standard InChI is InChI=1S/C24H23F3N2O4S/c1-16-14-20(12-13-22(16)33-2)34(31,32)29-21(15-17-6-4-3-5-7-17)23(30)28-19-10-8-18(9-11-19)24(25,26)27/h3-14,21,29H,15H2,1-2H3,(H,28,30)/t21-/m0/s1. The molecule has 0 spiro atoms. The number of nitrogens with one attached hydrogen (secondary N) is 2. The molecule has 1 amide bonds. The van der Waals surface area contributed by atoms with Crippen molar-refractivity contribution in [3.63, 3.8) is 0 Å². The Labute approximate surface area is 195 Å². The zero-order valence-electron chi connectivity index (χ0n) is 18.4. The third kappa shape index (κ3) is 6.36. The number of alkyl halides is 3. The van der Waals surface area contributed by atoms with Gasteiger partial charge in [0.25, 0.3) is 0 Å². The molecule has 6 nitrogen and oxygen atoms in total. The average molecular weight is 493 g/mol. The van der Waals surface area contributed by atoms with Crippen LogP contribution in [0.5, 0.6) is 5.75 Å². The van der Waals surface area contributed by atoms with Crippen LogP contribution in [0.4, 0.5) is 18.9 Å². The number of halogens is 3. The van der Waals surface area contributed by atoms with Crippen LogP contribution >= 0.6 is 0 Å². The van der Waals surface area contributed by atoms with Crippen LogP contribution in [0.2, 0.25) is 0 Å². The molecule has 180 valence electrons. The molecule has 0 heterocycles. The molecule has 0 aliphatic heterocycles. The summed E-state index contributed by atoms with van der Waals surface area (Å²) in [5, 5.41) is 2.49. The number of benzene rings is 3. The van der Waals surface area contributed by atoms with E-state index in [-0.39, 0.29) is 17.0 Å². The summed E-state index contributed by atoms with van der Waals surface area (Å²) in [4.78, 5) is 12.9. The van der Waals surface area contributed by atoms with Crippen LogP contribution in [0.25, 0.3) is 0 Å². The number of sulfonamides is 1. The monoisotopic (exact) mass is 492 g/mol. The molecular formula is C24H23F3N2O4S. The third-order valence-electron chi connectivity index (χ3n) is 5.05. The highest BCUT2D eigenvalue weighted by atomic mass is 32.2. The number of anilines is 1. The molecule has 3 rings (SSSR count). The average Bonchev–Trinajstić information content (AvgIpc) is 2.79. The van der Waals surface area contributed by atoms with Crippen LogP contribution < -0.4 is 14.8 Å². The molecule has 0 aliphatic carbocycles. The van der Waals surface area contributed by atoms with Crippen LogP contribution in [0, 0.1) is 6.92 Å². The first-order valence-corrected chi connectivity index (χ1v) is 11.7. The molecule has 0 bridgehead atoms. The maximum absolute atomic E-state index is 13.0. The van der Waals surface area contributed by atoms with Crippen molar-refractivity contribution in [2.75, 3.05) is 12.4 Å². The van der Waals surface area contributed by atoms with E-state index in [0.717, 1.165) is 24.3 Å². The molecule has 0 saturated carbocycles. The fourth-order valence-electron chi connectivity index (χ4n) is 3.28. The van der Waals surface area contributed by atoms with Gasteiger partial charge in [-0.25, -0.2) is 8.42 Å². The van der Waals surface area contributed by atoms with E-state index in [4.69, 9.17) is 4.74 Å². The molecule has 0 aliphatic rings. The first kappa shape index (κ1) is 25.3. The van der Waals surface area contributed by atoms with Gasteiger partial charge in [0.15, 0.2) is 0 Å². The maximum Gasteiger partial charge on any atom is 0.416 e. The summed E-state index contributed by atoms with van der Waals surface area (Å²) in [5.41, 5.74) is 0.542. The van der Waals surface area contributed by atoms with Gasteiger partial charge in [-0.2, -0.15) is 17.9 Å². The molecule has 3 aromatic carbocycles. The Bertz CT molecular complexity index is 1250. The molecule has 0 unspecified atom stereocenters. The minimum absolute atomic E-state index is 0.0294. The van der Waals surface area contributed by atoms with Gasteiger partial charge in [-0.1, -0.05) is 30.3 Å². The number of carbonyl (C=O) groups is 1. The Morgan fingerprint density at radius 2 is 1.65 bits per heavy atom. The summed E-state index contributed by atoms with van der Waals surface area (Å²) in [6, 6.07) is 15.7. The van der Waals surface area contributed by atoms with Crippen LogP contribution in [-0.4, -0.2) is 27.5 Å². The minimum atomic E-state index is -4.51. The first-order valence-electron chi connectivity index (χ1n) is 10.2. The smallest absolute Gasteiger partial charge is 0.416 e. The highest BCUT2D eigenvalue weighted by Gasteiger charge is 2.30. The third-order valence-corrected chi connectivity index (χ3v) is 6.52. The summed E-state index contributed by atoms with van der Waals surface area (Å²) < 4.78 is 72.1. The first-order chi connectivity index (χ1) is 16.0. The van der Waals surface area contributed by atoms with Crippen molar-refractivity contribution in [2.24, 2.45) is 0 Å². The van der Waals surface area contributed by atoms with Crippen molar-refractivity contribution in [3.05, 3.63) is 89.5 Å². The number of hydrogen-bond acceptors (Lipinski definition) is 4. The lowest BCUT2D eigenvalue weighted by atomic mass is 10.1. The molecule has 0 fully saturated rings. The van der Waals surface area contributed by atoms with Crippen molar-refractivity contribution < 1.29 is 31.1 Å². The molecule has 2 N–H and O–H groups in total. The van der Waals surface area contributed by atoms with Crippen molar-refractivity contribution in [2.45, 2.75) is 30.5 Å². The van der Waals surface area contributed by atoms with Crippen LogP contribution in [0.15, 0.2) is 77.7 Å². The van der Waals surface area contributed by atoms with Crippen molar-refractivity contribution in [1.82, 2.24) is 4.72 Å². The van der Waals surface area contributed by atoms with E-state index < -0.39 is 33.7 Å². The fraction of sp³-hybridized carbons (Fsp3) is 0.208. The van der Waals surface area contributed by atoms with Gasteiger partial charge in [0, 0.05) is 5.69 Å². The van der Waals surface area contributed by atoms with E-state index in [1.54, 1.807) is 37.3 Å². The predicted molar refractivity (Wildman–Crippen MR) is 122 cm³/mol. The Morgan fingerprint density at radius 3 is 2.21 bits per heavy atom. The van der Waals surface area contributed by atoms with Gasteiger partial charge in [0.2, 0.25) is 15.9 Å². The quantitative estimate of drug-likeness (QED) is 0.483. The lowest BCUT2D eigenvalue weighted by molar-refractivity contribution is -0.137. The number of aryl methyl sites for hydroxylation is 1. The van der Waals surface area contributed by atoms with Crippen molar-refractivity contribution in [1.29, 1.82) is 0 Å². The van der Waals surface area contributed by atoms with E-state index >= 15 is 0 Å². The second-order valence-electron chi connectivity index (χ2n) is 7.56. The SMILES string of the molecule is COc1ccc(S(=O)(=O)N[C@@H](Cc2ccccc2)C(=O)Nc2ccc(C(F)(F)F)cc2)cc1C. The van der Waals surface area contributed by atoms with Crippen LogP contribution in [0.3, 0.4) is 0 Å². The zero-order chi connectivity index (χ0) is 24.9. The topological polar surface area (TPSA) is 84.5 Å². The van der Waals surface area contributed by atoms with Gasteiger partial charge in [0.1, 0.15) is 11.8 Å². The number of ether oxygens (including phenoxy) is 1. The highest BCUT2D eigenvalue weighted by Crippen LogP contribution is 2.30. The predicted octanol–water partition coefficient (Wildman–Crippen LogP) is 4.55. The largest absolute Gasteiger partial charge is 0.496 e. The lowest BCUT2D eigenvalue weighted by Gasteiger charge is -2.19. The normalized spacial score (nSPS) is 12.7. The van der Waals surface area contributed by atoms with Gasteiger partial charge < -0.3 is 10.1 Å². The molecule has 1 atom stereocenters. The van der Waals surface area contributed by atoms with E-state index in [2.05, 4.69) is 10.0 Å². The molecule has 0 radical (unpaired) electrons. The summed E-state index contributed by atoms with van der Waals surface area (Å²) in [7, 11) is -2.64. The Morgan fingerprint density at radius 1 is 1.00 bits per heavy atom. The molecule has 34 heavy (non-hydrogen) atoms. The summed E-state index contributed by atoms with van der Waals surface area (Å²) in [5.74, 6) is -0.197. The van der Waals surface area contributed by atoms with E-state index in [1.807, 2.05) is 0 Å². The highest BCUT2D eigenvalue weighted by molar-refractivity contribution is 7.89. The van der Waals surface area contributed by atoms with Gasteiger partial charge in [-0.05, 0) is 66.9 Å². The number of methoxy groups -OCH3 is 1. The van der Waals surface area contributed by atoms with Gasteiger partial charge in [0.05, 0.1) is 17.6 Å².